The third-order valence-corrected chi connectivity index (χ3v) is 3.81. The maximum atomic E-state index is 12.0. The van der Waals surface area contributed by atoms with Gasteiger partial charge in [-0.1, -0.05) is 6.92 Å². The summed E-state index contributed by atoms with van der Waals surface area (Å²) in [7, 11) is 0. The first-order valence-electron chi connectivity index (χ1n) is 5.96. The van der Waals surface area contributed by atoms with Crippen LogP contribution in [0, 0.1) is 11.8 Å². The van der Waals surface area contributed by atoms with Crippen molar-refractivity contribution in [3.8, 4) is 0 Å². The molecular weight excluding hydrogens is 296 g/mol. The Kier molecular flexibility index (Phi) is 2.81. The lowest BCUT2D eigenvalue weighted by molar-refractivity contribution is -0.120. The summed E-state index contributed by atoms with van der Waals surface area (Å²) >= 11 is 3.39. The number of hydrogen-bond acceptors (Lipinski definition) is 3. The Morgan fingerprint density at radius 2 is 2.28 bits per heavy atom. The summed E-state index contributed by atoms with van der Waals surface area (Å²) in [5, 5.41) is 10.9. The molecule has 1 unspecified atom stereocenters. The molecule has 94 valence electrons. The summed E-state index contributed by atoms with van der Waals surface area (Å²) in [5.74, 6) is 1.08. The van der Waals surface area contributed by atoms with Crippen LogP contribution in [0.1, 0.15) is 19.8 Å². The van der Waals surface area contributed by atoms with Gasteiger partial charge in [-0.3, -0.25) is 14.5 Å². The SMILES string of the molecule is CC(C(=O)Nc1nnc2ccc(Br)cn12)C1CC1. The van der Waals surface area contributed by atoms with Crippen LogP contribution in [0.25, 0.3) is 5.65 Å². The molecule has 1 aliphatic rings. The average Bonchev–Trinajstić information content (AvgIpc) is 3.13. The highest BCUT2D eigenvalue weighted by Crippen LogP contribution is 2.36. The fraction of sp³-hybridized carbons (Fsp3) is 0.417. The number of nitrogens with zero attached hydrogens (tertiary/aromatic N) is 3. The number of carbonyl (C=O) groups excluding carboxylic acids is 1. The molecule has 6 heteroatoms. The number of amides is 1. The van der Waals surface area contributed by atoms with Crippen molar-refractivity contribution in [2.45, 2.75) is 19.8 Å². The van der Waals surface area contributed by atoms with Crippen LogP contribution in [-0.2, 0) is 4.79 Å². The summed E-state index contributed by atoms with van der Waals surface area (Å²) in [4.78, 5) is 12.0. The molecule has 1 fully saturated rings. The lowest BCUT2D eigenvalue weighted by Crippen LogP contribution is -2.23. The Morgan fingerprint density at radius 1 is 1.50 bits per heavy atom. The fourth-order valence-electron chi connectivity index (χ4n) is 1.98. The fourth-order valence-corrected chi connectivity index (χ4v) is 2.32. The van der Waals surface area contributed by atoms with E-state index in [9.17, 15) is 4.79 Å². The van der Waals surface area contributed by atoms with Crippen molar-refractivity contribution < 1.29 is 4.79 Å². The summed E-state index contributed by atoms with van der Waals surface area (Å²) in [6, 6.07) is 3.74. The van der Waals surface area contributed by atoms with E-state index in [1.54, 1.807) is 4.40 Å². The molecule has 0 aliphatic heterocycles. The normalized spacial score (nSPS) is 16.8. The molecule has 0 spiro atoms. The van der Waals surface area contributed by atoms with Gasteiger partial charge in [0, 0.05) is 16.6 Å². The summed E-state index contributed by atoms with van der Waals surface area (Å²) in [5.41, 5.74) is 0.715. The van der Waals surface area contributed by atoms with Gasteiger partial charge in [0.1, 0.15) is 0 Å². The Bertz CT molecular complexity index is 605. The lowest BCUT2D eigenvalue weighted by atomic mass is 10.1. The van der Waals surface area contributed by atoms with Crippen LogP contribution < -0.4 is 5.32 Å². The van der Waals surface area contributed by atoms with Crippen molar-refractivity contribution in [1.29, 1.82) is 0 Å². The predicted molar refractivity (Wildman–Crippen MR) is 71.2 cm³/mol. The zero-order chi connectivity index (χ0) is 12.7. The maximum absolute atomic E-state index is 12.0. The Morgan fingerprint density at radius 3 is 3.00 bits per heavy atom. The van der Waals surface area contributed by atoms with Gasteiger partial charge in [-0.25, -0.2) is 0 Å². The second-order valence-electron chi connectivity index (χ2n) is 4.71. The molecule has 18 heavy (non-hydrogen) atoms. The Balaban J connectivity index is 1.85. The van der Waals surface area contributed by atoms with Crippen LogP contribution in [0.2, 0.25) is 0 Å². The maximum Gasteiger partial charge on any atom is 0.235 e. The highest BCUT2D eigenvalue weighted by Gasteiger charge is 2.33. The number of aromatic nitrogens is 3. The molecule has 0 bridgehead atoms. The molecule has 1 saturated carbocycles. The average molecular weight is 309 g/mol. The highest BCUT2D eigenvalue weighted by atomic mass is 79.9. The van der Waals surface area contributed by atoms with Crippen molar-refractivity contribution >= 4 is 33.4 Å². The molecule has 1 N–H and O–H groups in total. The van der Waals surface area contributed by atoms with Gasteiger partial charge in [0.25, 0.3) is 0 Å². The van der Waals surface area contributed by atoms with Gasteiger partial charge in [0.15, 0.2) is 5.65 Å². The van der Waals surface area contributed by atoms with Crippen molar-refractivity contribution in [3.05, 3.63) is 22.8 Å². The topological polar surface area (TPSA) is 59.3 Å². The first kappa shape index (κ1) is 11.6. The Labute approximate surface area is 113 Å². The minimum Gasteiger partial charge on any atom is -0.294 e. The third kappa shape index (κ3) is 2.12. The van der Waals surface area contributed by atoms with E-state index in [0.29, 0.717) is 17.5 Å². The van der Waals surface area contributed by atoms with Gasteiger partial charge in [-0.2, -0.15) is 0 Å². The summed E-state index contributed by atoms with van der Waals surface area (Å²) in [6.45, 7) is 1.96. The molecule has 5 nitrogen and oxygen atoms in total. The molecule has 2 heterocycles. The van der Waals surface area contributed by atoms with Crippen LogP contribution in [0.3, 0.4) is 0 Å². The molecule has 3 rings (SSSR count). The van der Waals surface area contributed by atoms with Crippen LogP contribution in [0.4, 0.5) is 5.95 Å². The number of nitrogens with one attached hydrogen (secondary N) is 1. The van der Waals surface area contributed by atoms with E-state index in [0.717, 1.165) is 17.3 Å². The third-order valence-electron chi connectivity index (χ3n) is 3.34. The van der Waals surface area contributed by atoms with E-state index < -0.39 is 0 Å². The number of pyridine rings is 1. The predicted octanol–water partition coefficient (Wildman–Crippen LogP) is 2.48. The van der Waals surface area contributed by atoms with E-state index in [1.165, 1.54) is 0 Å². The van der Waals surface area contributed by atoms with E-state index in [2.05, 4.69) is 31.4 Å². The second-order valence-corrected chi connectivity index (χ2v) is 5.63. The van der Waals surface area contributed by atoms with Crippen LogP contribution in [-0.4, -0.2) is 20.5 Å². The minimum atomic E-state index is 0.0202. The number of carbonyl (C=O) groups is 1. The molecular formula is C12H13BrN4O. The van der Waals surface area contributed by atoms with E-state index in [1.807, 2.05) is 25.3 Å². The van der Waals surface area contributed by atoms with Gasteiger partial charge in [-0.15, -0.1) is 10.2 Å². The minimum absolute atomic E-state index is 0.0202. The number of anilines is 1. The number of halogens is 1. The van der Waals surface area contributed by atoms with Gasteiger partial charge >= 0.3 is 0 Å². The lowest BCUT2D eigenvalue weighted by Gasteiger charge is -2.09. The Hall–Kier alpha value is -1.43. The van der Waals surface area contributed by atoms with Crippen LogP contribution in [0.5, 0.6) is 0 Å². The summed E-state index contributed by atoms with van der Waals surface area (Å²) in [6.07, 6.45) is 4.15. The monoisotopic (exact) mass is 308 g/mol. The zero-order valence-electron chi connectivity index (χ0n) is 9.93. The van der Waals surface area contributed by atoms with Gasteiger partial charge in [-0.05, 0) is 46.8 Å². The molecule has 1 atom stereocenters. The largest absolute Gasteiger partial charge is 0.294 e. The molecule has 0 aromatic carbocycles. The molecule has 1 amide bonds. The van der Waals surface area contributed by atoms with Crippen molar-refractivity contribution in [1.82, 2.24) is 14.6 Å². The van der Waals surface area contributed by atoms with Gasteiger partial charge < -0.3 is 0 Å². The van der Waals surface area contributed by atoms with Crippen LogP contribution in [0.15, 0.2) is 22.8 Å². The van der Waals surface area contributed by atoms with Crippen molar-refractivity contribution in [2.24, 2.45) is 11.8 Å². The molecule has 2 aromatic heterocycles. The zero-order valence-corrected chi connectivity index (χ0v) is 11.5. The van der Waals surface area contributed by atoms with Gasteiger partial charge in [0.2, 0.25) is 11.9 Å². The van der Waals surface area contributed by atoms with E-state index in [-0.39, 0.29) is 11.8 Å². The number of hydrogen-bond donors (Lipinski definition) is 1. The van der Waals surface area contributed by atoms with E-state index in [4.69, 9.17) is 0 Å². The number of fused-ring (bicyclic) bond motifs is 1. The molecule has 2 aromatic rings. The first-order chi connectivity index (χ1) is 8.65. The van der Waals surface area contributed by atoms with Gasteiger partial charge in [0.05, 0.1) is 0 Å². The van der Waals surface area contributed by atoms with Crippen molar-refractivity contribution in [2.75, 3.05) is 5.32 Å². The molecule has 0 radical (unpaired) electrons. The molecule has 0 saturated heterocycles. The standard InChI is InChI=1S/C12H13BrN4O/c1-7(8-2-3-8)11(18)14-12-16-15-10-5-4-9(13)6-17(10)12/h4-8H,2-3H2,1H3,(H,14,16,18). The summed E-state index contributed by atoms with van der Waals surface area (Å²) < 4.78 is 2.68. The van der Waals surface area contributed by atoms with Crippen LogP contribution >= 0.6 is 15.9 Å². The number of rotatable bonds is 3. The highest BCUT2D eigenvalue weighted by molar-refractivity contribution is 9.10. The van der Waals surface area contributed by atoms with E-state index >= 15 is 0 Å². The smallest absolute Gasteiger partial charge is 0.235 e. The quantitative estimate of drug-likeness (QED) is 0.947. The molecule has 1 aliphatic carbocycles. The first-order valence-corrected chi connectivity index (χ1v) is 6.75. The second kappa shape index (κ2) is 4.35. The van der Waals surface area contributed by atoms with Crippen molar-refractivity contribution in [3.63, 3.8) is 0 Å².